The van der Waals surface area contributed by atoms with Crippen LogP contribution >= 0.6 is 0 Å². The standard InChI is InChI=1S/C9H6F2N2O2/c10-9(11,8(14)15)6-2-1-3-7-12-4-5-13(6)7/h1-5H,(H,14,15). The molecule has 0 unspecified atom stereocenters. The third-order valence-corrected chi connectivity index (χ3v) is 2.02. The Morgan fingerprint density at radius 1 is 1.47 bits per heavy atom. The molecule has 4 nitrogen and oxygen atoms in total. The predicted molar refractivity (Wildman–Crippen MR) is 46.7 cm³/mol. The van der Waals surface area contributed by atoms with Crippen LogP contribution in [-0.4, -0.2) is 20.5 Å². The number of alkyl halides is 2. The minimum Gasteiger partial charge on any atom is -0.476 e. The van der Waals surface area contributed by atoms with E-state index < -0.39 is 17.6 Å². The molecule has 15 heavy (non-hydrogen) atoms. The molecule has 0 aliphatic rings. The Morgan fingerprint density at radius 3 is 2.87 bits per heavy atom. The van der Waals surface area contributed by atoms with E-state index in [2.05, 4.69) is 4.98 Å². The molecule has 0 fully saturated rings. The van der Waals surface area contributed by atoms with Gasteiger partial charge in [-0.05, 0) is 12.1 Å². The number of aromatic nitrogens is 2. The summed E-state index contributed by atoms with van der Waals surface area (Å²) in [6.07, 6.45) is 2.62. The maximum absolute atomic E-state index is 13.2. The van der Waals surface area contributed by atoms with Crippen LogP contribution in [0.1, 0.15) is 5.69 Å². The first kappa shape index (κ1) is 9.57. The van der Waals surface area contributed by atoms with Crippen molar-refractivity contribution in [2.45, 2.75) is 5.92 Å². The van der Waals surface area contributed by atoms with Crippen molar-refractivity contribution in [3.05, 3.63) is 36.3 Å². The molecule has 2 aromatic heterocycles. The summed E-state index contributed by atoms with van der Waals surface area (Å²) >= 11 is 0. The number of hydrogen-bond donors (Lipinski definition) is 1. The number of carbonyl (C=O) groups is 1. The Morgan fingerprint density at radius 2 is 2.20 bits per heavy atom. The molecule has 0 atom stereocenters. The molecule has 0 aliphatic carbocycles. The Hall–Kier alpha value is -1.98. The van der Waals surface area contributed by atoms with E-state index in [0.717, 1.165) is 10.5 Å². The van der Waals surface area contributed by atoms with Gasteiger partial charge in [-0.2, -0.15) is 8.78 Å². The van der Waals surface area contributed by atoms with Gasteiger partial charge >= 0.3 is 11.9 Å². The summed E-state index contributed by atoms with van der Waals surface area (Å²) in [4.78, 5) is 14.2. The molecule has 2 rings (SSSR count). The third-order valence-electron chi connectivity index (χ3n) is 2.02. The number of carboxylic acid groups (broad SMARTS) is 1. The molecular formula is C9H6F2N2O2. The van der Waals surface area contributed by atoms with Gasteiger partial charge < -0.3 is 5.11 Å². The first-order chi connectivity index (χ1) is 7.03. The van der Waals surface area contributed by atoms with Crippen LogP contribution in [0.4, 0.5) is 8.78 Å². The van der Waals surface area contributed by atoms with Crippen molar-refractivity contribution in [2.24, 2.45) is 0 Å². The highest BCUT2D eigenvalue weighted by molar-refractivity contribution is 5.77. The highest BCUT2D eigenvalue weighted by Crippen LogP contribution is 2.28. The zero-order valence-electron chi connectivity index (χ0n) is 7.39. The van der Waals surface area contributed by atoms with Gasteiger partial charge in [0.2, 0.25) is 0 Å². The monoisotopic (exact) mass is 212 g/mol. The maximum atomic E-state index is 13.2. The van der Waals surface area contributed by atoms with Gasteiger partial charge in [0.25, 0.3) is 0 Å². The van der Waals surface area contributed by atoms with Crippen LogP contribution in [0.2, 0.25) is 0 Å². The lowest BCUT2D eigenvalue weighted by atomic mass is 10.2. The average molecular weight is 212 g/mol. The number of nitrogens with zero attached hydrogens (tertiary/aromatic N) is 2. The molecule has 0 amide bonds. The Balaban J connectivity index is 2.71. The molecule has 2 heterocycles. The van der Waals surface area contributed by atoms with Gasteiger partial charge in [-0.15, -0.1) is 0 Å². The number of imidazole rings is 1. The first-order valence-corrected chi connectivity index (χ1v) is 4.07. The van der Waals surface area contributed by atoms with Gasteiger partial charge in [-0.1, -0.05) is 6.07 Å². The van der Waals surface area contributed by atoms with E-state index >= 15 is 0 Å². The second-order valence-corrected chi connectivity index (χ2v) is 2.95. The van der Waals surface area contributed by atoms with Gasteiger partial charge in [0.1, 0.15) is 11.3 Å². The number of pyridine rings is 1. The van der Waals surface area contributed by atoms with E-state index in [4.69, 9.17) is 5.11 Å². The molecular weight excluding hydrogens is 206 g/mol. The van der Waals surface area contributed by atoms with E-state index in [1.54, 1.807) is 0 Å². The van der Waals surface area contributed by atoms with Crippen LogP contribution in [0.15, 0.2) is 30.6 Å². The van der Waals surface area contributed by atoms with Crippen LogP contribution in [0.5, 0.6) is 0 Å². The zero-order chi connectivity index (χ0) is 11.1. The van der Waals surface area contributed by atoms with Crippen LogP contribution in [0.3, 0.4) is 0 Å². The number of carboxylic acids is 1. The fraction of sp³-hybridized carbons (Fsp3) is 0.111. The van der Waals surface area contributed by atoms with E-state index in [1.807, 2.05) is 0 Å². The number of aliphatic carboxylic acids is 1. The third kappa shape index (κ3) is 1.34. The van der Waals surface area contributed by atoms with Crippen molar-refractivity contribution in [1.82, 2.24) is 9.38 Å². The quantitative estimate of drug-likeness (QED) is 0.820. The lowest BCUT2D eigenvalue weighted by Crippen LogP contribution is -2.27. The lowest BCUT2D eigenvalue weighted by Gasteiger charge is -2.12. The molecule has 0 aliphatic heterocycles. The number of hydrogen-bond acceptors (Lipinski definition) is 2. The van der Waals surface area contributed by atoms with E-state index in [0.29, 0.717) is 0 Å². The maximum Gasteiger partial charge on any atom is 0.382 e. The predicted octanol–water partition coefficient (Wildman–Crippen LogP) is 1.51. The van der Waals surface area contributed by atoms with E-state index in [9.17, 15) is 13.6 Å². The molecule has 0 aromatic carbocycles. The minimum atomic E-state index is -3.92. The fourth-order valence-electron chi connectivity index (χ4n) is 1.31. The topological polar surface area (TPSA) is 54.6 Å². The second kappa shape index (κ2) is 3.01. The summed E-state index contributed by atoms with van der Waals surface area (Å²) in [6.45, 7) is 0. The molecule has 0 saturated carbocycles. The normalized spacial score (nSPS) is 11.9. The molecule has 78 valence electrons. The van der Waals surface area contributed by atoms with Crippen molar-refractivity contribution >= 4 is 11.6 Å². The second-order valence-electron chi connectivity index (χ2n) is 2.95. The molecule has 1 N–H and O–H groups in total. The van der Waals surface area contributed by atoms with Gasteiger partial charge in [0.05, 0.1) is 0 Å². The van der Waals surface area contributed by atoms with Crippen LogP contribution < -0.4 is 0 Å². The van der Waals surface area contributed by atoms with Gasteiger partial charge in [-0.3, -0.25) is 4.40 Å². The smallest absolute Gasteiger partial charge is 0.382 e. The lowest BCUT2D eigenvalue weighted by molar-refractivity contribution is -0.167. The number of rotatable bonds is 2. The number of halogens is 2. The van der Waals surface area contributed by atoms with Crippen molar-refractivity contribution in [2.75, 3.05) is 0 Å². The fourth-order valence-corrected chi connectivity index (χ4v) is 1.31. The molecule has 0 bridgehead atoms. The summed E-state index contributed by atoms with van der Waals surface area (Å²) in [5, 5.41) is 8.41. The van der Waals surface area contributed by atoms with Crippen molar-refractivity contribution in [3.63, 3.8) is 0 Å². The first-order valence-electron chi connectivity index (χ1n) is 4.07. The highest BCUT2D eigenvalue weighted by Gasteiger charge is 2.43. The van der Waals surface area contributed by atoms with Crippen LogP contribution in [0, 0.1) is 0 Å². The summed E-state index contributed by atoms with van der Waals surface area (Å²) < 4.78 is 27.5. The Labute approximate surface area is 82.8 Å². The average Bonchev–Trinajstić information content (AvgIpc) is 2.64. The summed E-state index contributed by atoms with van der Waals surface area (Å²) in [5.41, 5.74) is -0.321. The SMILES string of the molecule is O=C(O)C(F)(F)c1cccc2nccn12. The molecule has 6 heteroatoms. The summed E-state index contributed by atoms with van der Waals surface area (Å²) in [6, 6.07) is 3.92. The number of fused-ring (bicyclic) bond motifs is 1. The van der Waals surface area contributed by atoms with Gasteiger partial charge in [0, 0.05) is 12.4 Å². The molecule has 0 saturated heterocycles. The van der Waals surface area contributed by atoms with Crippen LogP contribution in [0.25, 0.3) is 5.65 Å². The van der Waals surface area contributed by atoms with Crippen molar-refractivity contribution in [3.8, 4) is 0 Å². The Kier molecular flexibility index (Phi) is 1.92. The molecule has 0 radical (unpaired) electrons. The largest absolute Gasteiger partial charge is 0.476 e. The zero-order valence-corrected chi connectivity index (χ0v) is 7.39. The van der Waals surface area contributed by atoms with Gasteiger partial charge in [0.15, 0.2) is 0 Å². The molecule has 2 aromatic rings. The van der Waals surface area contributed by atoms with E-state index in [1.165, 1.54) is 24.5 Å². The van der Waals surface area contributed by atoms with Gasteiger partial charge in [-0.25, -0.2) is 9.78 Å². The van der Waals surface area contributed by atoms with Crippen LogP contribution in [-0.2, 0) is 10.7 Å². The minimum absolute atomic E-state index is 0.286. The van der Waals surface area contributed by atoms with Crippen molar-refractivity contribution < 1.29 is 18.7 Å². The van der Waals surface area contributed by atoms with Crippen molar-refractivity contribution in [1.29, 1.82) is 0 Å². The molecule has 0 spiro atoms. The highest BCUT2D eigenvalue weighted by atomic mass is 19.3. The summed E-state index contributed by atoms with van der Waals surface area (Å²) in [5.74, 6) is -6.09. The Bertz CT molecular complexity index is 522. The van der Waals surface area contributed by atoms with E-state index in [-0.39, 0.29) is 5.65 Å². The summed E-state index contributed by atoms with van der Waals surface area (Å²) in [7, 11) is 0.